The number of aliphatic carboxylic acids is 1. The summed E-state index contributed by atoms with van der Waals surface area (Å²) in [5.41, 5.74) is 5.71. The highest BCUT2D eigenvalue weighted by molar-refractivity contribution is 5.92. The van der Waals surface area contributed by atoms with E-state index in [4.69, 9.17) is 24.8 Å². The first-order chi connectivity index (χ1) is 12.4. The van der Waals surface area contributed by atoms with Gasteiger partial charge in [0.25, 0.3) is 11.9 Å². The highest BCUT2D eigenvalue weighted by Gasteiger charge is 2.30. The van der Waals surface area contributed by atoms with Crippen molar-refractivity contribution in [1.82, 2.24) is 24.6 Å². The SMILES string of the molecule is CC(=O)O.COCc1nnc2n1[C@@H](C)CN(C(=O)c1coc(CN)n1)C2. The number of rotatable bonds is 4. The van der Waals surface area contributed by atoms with Gasteiger partial charge in [0, 0.05) is 20.6 Å². The fourth-order valence-corrected chi connectivity index (χ4v) is 2.66. The van der Waals surface area contributed by atoms with Crippen molar-refractivity contribution < 1.29 is 23.8 Å². The number of fused-ring (bicyclic) bond motifs is 1. The van der Waals surface area contributed by atoms with Gasteiger partial charge in [-0.1, -0.05) is 0 Å². The molecule has 0 bridgehead atoms. The lowest BCUT2D eigenvalue weighted by Gasteiger charge is -2.32. The number of aromatic nitrogens is 4. The molecule has 26 heavy (non-hydrogen) atoms. The molecule has 3 N–H and O–H groups in total. The van der Waals surface area contributed by atoms with Gasteiger partial charge in [-0.15, -0.1) is 10.2 Å². The van der Waals surface area contributed by atoms with Gasteiger partial charge in [0.15, 0.2) is 17.3 Å². The summed E-state index contributed by atoms with van der Waals surface area (Å²) in [4.78, 5) is 27.3. The van der Waals surface area contributed by atoms with Crippen molar-refractivity contribution in [3.63, 3.8) is 0 Å². The number of carbonyl (C=O) groups excluding carboxylic acids is 1. The average molecular weight is 366 g/mol. The van der Waals surface area contributed by atoms with Crippen LogP contribution in [0.3, 0.4) is 0 Å². The maximum Gasteiger partial charge on any atom is 0.300 e. The Labute approximate surface area is 149 Å². The summed E-state index contributed by atoms with van der Waals surface area (Å²) < 4.78 is 12.3. The van der Waals surface area contributed by atoms with E-state index >= 15 is 0 Å². The Kier molecular flexibility index (Phi) is 6.41. The minimum absolute atomic E-state index is 0.0636. The third kappa shape index (κ3) is 4.43. The van der Waals surface area contributed by atoms with Crippen molar-refractivity contribution in [3.8, 4) is 0 Å². The first kappa shape index (κ1) is 19.5. The van der Waals surface area contributed by atoms with E-state index in [1.807, 2.05) is 11.5 Å². The fourth-order valence-electron chi connectivity index (χ4n) is 2.66. The summed E-state index contributed by atoms with van der Waals surface area (Å²) in [6, 6.07) is 0.0636. The number of nitrogens with zero attached hydrogens (tertiary/aromatic N) is 5. The normalized spacial score (nSPS) is 15.8. The molecule has 0 saturated carbocycles. The molecule has 0 spiro atoms. The maximum absolute atomic E-state index is 12.5. The van der Waals surface area contributed by atoms with Gasteiger partial charge >= 0.3 is 0 Å². The largest absolute Gasteiger partial charge is 0.481 e. The Morgan fingerprint density at radius 3 is 2.73 bits per heavy atom. The molecule has 0 radical (unpaired) electrons. The van der Waals surface area contributed by atoms with Gasteiger partial charge in [0.2, 0.25) is 5.89 Å². The van der Waals surface area contributed by atoms with Gasteiger partial charge in [-0.2, -0.15) is 0 Å². The second-order valence-corrected chi connectivity index (χ2v) is 5.72. The Morgan fingerprint density at radius 1 is 1.46 bits per heavy atom. The van der Waals surface area contributed by atoms with E-state index in [2.05, 4.69) is 15.2 Å². The van der Waals surface area contributed by atoms with E-state index in [-0.39, 0.29) is 24.2 Å². The molecule has 2 aromatic rings. The van der Waals surface area contributed by atoms with E-state index < -0.39 is 5.97 Å². The van der Waals surface area contributed by atoms with Crippen LogP contribution in [0.15, 0.2) is 10.7 Å². The minimum Gasteiger partial charge on any atom is -0.481 e. The summed E-state index contributed by atoms with van der Waals surface area (Å²) in [5, 5.41) is 15.7. The van der Waals surface area contributed by atoms with E-state index in [1.165, 1.54) is 6.26 Å². The van der Waals surface area contributed by atoms with E-state index in [1.54, 1.807) is 12.0 Å². The van der Waals surface area contributed by atoms with Crippen molar-refractivity contribution in [2.45, 2.75) is 39.6 Å². The van der Waals surface area contributed by atoms with E-state index in [9.17, 15) is 4.79 Å². The van der Waals surface area contributed by atoms with Gasteiger partial charge in [-0.3, -0.25) is 9.59 Å². The number of methoxy groups -OCH3 is 1. The molecule has 1 aliphatic heterocycles. The summed E-state index contributed by atoms with van der Waals surface area (Å²) in [5.74, 6) is 0.822. The van der Waals surface area contributed by atoms with Crippen LogP contribution in [-0.4, -0.2) is 55.3 Å². The second-order valence-electron chi connectivity index (χ2n) is 5.72. The number of hydrogen-bond donors (Lipinski definition) is 2. The van der Waals surface area contributed by atoms with Crippen LogP contribution < -0.4 is 5.73 Å². The van der Waals surface area contributed by atoms with Crippen LogP contribution in [0, 0.1) is 0 Å². The molecule has 1 aliphatic rings. The second kappa shape index (κ2) is 8.54. The van der Waals surface area contributed by atoms with Crippen molar-refractivity contribution >= 4 is 11.9 Å². The molecular weight excluding hydrogens is 344 g/mol. The molecule has 3 rings (SSSR count). The molecule has 2 aromatic heterocycles. The molecule has 1 amide bonds. The van der Waals surface area contributed by atoms with Crippen molar-refractivity contribution in [3.05, 3.63) is 29.5 Å². The highest BCUT2D eigenvalue weighted by Crippen LogP contribution is 2.23. The Morgan fingerprint density at radius 2 is 2.15 bits per heavy atom. The summed E-state index contributed by atoms with van der Waals surface area (Å²) in [7, 11) is 1.62. The van der Waals surface area contributed by atoms with Crippen LogP contribution in [0.25, 0.3) is 0 Å². The Balaban J connectivity index is 0.000000552. The topological polar surface area (TPSA) is 150 Å². The van der Waals surface area contributed by atoms with Crippen LogP contribution in [0.1, 0.15) is 47.9 Å². The van der Waals surface area contributed by atoms with Gasteiger partial charge < -0.3 is 29.5 Å². The number of ether oxygens (including phenoxy) is 1. The molecule has 0 saturated heterocycles. The molecule has 142 valence electrons. The standard InChI is InChI=1S/C13H18N6O3.C2H4O2/c1-8-4-18(13(20)9-6-22-12(3-14)15-9)5-10-16-17-11(7-21-2)19(8)10;1-2(3)4/h6,8H,3-5,7,14H2,1-2H3;1H3,(H,3,4)/t8-;/m0./s1. The number of carbonyl (C=O) groups is 2. The Bertz CT molecular complexity index is 766. The third-order valence-corrected chi connectivity index (χ3v) is 3.60. The minimum atomic E-state index is -0.833. The van der Waals surface area contributed by atoms with Gasteiger partial charge in [-0.05, 0) is 6.92 Å². The number of carboxylic acid groups (broad SMARTS) is 1. The van der Waals surface area contributed by atoms with Crippen LogP contribution in [0.5, 0.6) is 0 Å². The van der Waals surface area contributed by atoms with Crippen LogP contribution >= 0.6 is 0 Å². The average Bonchev–Trinajstić information content (AvgIpc) is 3.21. The van der Waals surface area contributed by atoms with Crippen molar-refractivity contribution in [2.75, 3.05) is 13.7 Å². The first-order valence-corrected chi connectivity index (χ1v) is 7.92. The number of carboxylic acids is 1. The molecule has 11 heteroatoms. The zero-order chi connectivity index (χ0) is 19.3. The molecule has 0 unspecified atom stereocenters. The molecule has 11 nitrogen and oxygen atoms in total. The zero-order valence-electron chi connectivity index (χ0n) is 14.9. The molecular formula is C15H22N6O5. The van der Waals surface area contributed by atoms with Gasteiger partial charge in [0.1, 0.15) is 12.9 Å². The van der Waals surface area contributed by atoms with E-state index in [0.29, 0.717) is 25.6 Å². The zero-order valence-corrected chi connectivity index (χ0v) is 14.9. The first-order valence-electron chi connectivity index (χ1n) is 7.92. The number of oxazole rings is 1. The van der Waals surface area contributed by atoms with Crippen LogP contribution in [0.4, 0.5) is 0 Å². The summed E-state index contributed by atoms with van der Waals surface area (Å²) in [6.07, 6.45) is 1.34. The molecule has 0 aromatic carbocycles. The maximum atomic E-state index is 12.5. The number of amides is 1. The highest BCUT2D eigenvalue weighted by atomic mass is 16.5. The molecule has 3 heterocycles. The summed E-state index contributed by atoms with van der Waals surface area (Å²) >= 11 is 0. The number of nitrogens with two attached hydrogens (primary N) is 1. The quantitative estimate of drug-likeness (QED) is 0.772. The Hall–Kier alpha value is -2.79. The van der Waals surface area contributed by atoms with Crippen LogP contribution in [0.2, 0.25) is 0 Å². The number of hydrogen-bond acceptors (Lipinski definition) is 8. The monoisotopic (exact) mass is 366 g/mol. The summed E-state index contributed by atoms with van der Waals surface area (Å²) in [6.45, 7) is 4.59. The molecule has 0 aliphatic carbocycles. The van der Waals surface area contributed by atoms with Gasteiger partial charge in [-0.25, -0.2) is 4.98 Å². The van der Waals surface area contributed by atoms with Crippen molar-refractivity contribution in [2.24, 2.45) is 5.73 Å². The predicted molar refractivity (Wildman–Crippen MR) is 87.9 cm³/mol. The molecule has 0 fully saturated rings. The lowest BCUT2D eigenvalue weighted by molar-refractivity contribution is -0.134. The predicted octanol–water partition coefficient (Wildman–Crippen LogP) is 0.179. The smallest absolute Gasteiger partial charge is 0.300 e. The third-order valence-electron chi connectivity index (χ3n) is 3.60. The van der Waals surface area contributed by atoms with E-state index in [0.717, 1.165) is 18.6 Å². The fraction of sp³-hybridized carbons (Fsp3) is 0.533. The van der Waals surface area contributed by atoms with Crippen LogP contribution in [-0.2, 0) is 29.2 Å². The van der Waals surface area contributed by atoms with Gasteiger partial charge in [0.05, 0.1) is 19.1 Å². The van der Waals surface area contributed by atoms with Crippen molar-refractivity contribution in [1.29, 1.82) is 0 Å². The molecule has 1 atom stereocenters. The lowest BCUT2D eigenvalue weighted by atomic mass is 10.2. The lowest BCUT2D eigenvalue weighted by Crippen LogP contribution is -2.41.